The molecule has 0 saturated carbocycles. The lowest BCUT2D eigenvalue weighted by Gasteiger charge is -2.19. The number of nitrogen functional groups attached to an aromatic ring is 1. The maximum Gasteiger partial charge on any atom is 0.269 e. The largest absolute Gasteiger partial charge is 0.446 e. The van der Waals surface area contributed by atoms with E-state index in [1.165, 1.54) is 25.1 Å². The summed E-state index contributed by atoms with van der Waals surface area (Å²) in [6.07, 6.45) is -0.852. The van der Waals surface area contributed by atoms with Crippen molar-refractivity contribution in [1.82, 2.24) is 5.01 Å². The van der Waals surface area contributed by atoms with Crippen LogP contribution in [0.3, 0.4) is 0 Å². The number of hydrogen-bond acceptors (Lipinski definition) is 6. The number of benzene rings is 2. The summed E-state index contributed by atoms with van der Waals surface area (Å²) in [5, 5.41) is 16.3. The smallest absolute Gasteiger partial charge is 0.269 e. The van der Waals surface area contributed by atoms with Gasteiger partial charge in [-0.2, -0.15) is 5.01 Å². The SMILES string of the molecule is CC(=O)N1N=C(c2ccc(N)cc2)O[C@@H]1c1cccc([N+](=O)[O-])c1. The highest BCUT2D eigenvalue weighted by atomic mass is 16.6. The van der Waals surface area contributed by atoms with Gasteiger partial charge in [0.2, 0.25) is 18.0 Å². The fourth-order valence-corrected chi connectivity index (χ4v) is 2.32. The molecule has 24 heavy (non-hydrogen) atoms. The summed E-state index contributed by atoms with van der Waals surface area (Å²) in [6.45, 7) is 1.35. The van der Waals surface area contributed by atoms with Crippen molar-refractivity contribution in [2.75, 3.05) is 5.73 Å². The summed E-state index contributed by atoms with van der Waals surface area (Å²) in [6, 6.07) is 12.8. The first-order valence-electron chi connectivity index (χ1n) is 7.11. The van der Waals surface area contributed by atoms with Gasteiger partial charge in [0.05, 0.1) is 4.92 Å². The Morgan fingerprint density at radius 3 is 2.62 bits per heavy atom. The zero-order chi connectivity index (χ0) is 17.3. The van der Waals surface area contributed by atoms with E-state index in [9.17, 15) is 14.9 Å². The quantitative estimate of drug-likeness (QED) is 0.529. The number of nitrogens with zero attached hydrogens (tertiary/aromatic N) is 3. The lowest BCUT2D eigenvalue weighted by molar-refractivity contribution is -0.385. The van der Waals surface area contributed by atoms with Gasteiger partial charge in [0, 0.05) is 35.9 Å². The lowest BCUT2D eigenvalue weighted by Crippen LogP contribution is -2.25. The number of rotatable bonds is 3. The van der Waals surface area contributed by atoms with Crippen molar-refractivity contribution in [3.05, 3.63) is 69.8 Å². The van der Waals surface area contributed by atoms with Crippen LogP contribution in [0.5, 0.6) is 0 Å². The molecule has 2 aromatic carbocycles. The monoisotopic (exact) mass is 326 g/mol. The number of hydrogen-bond donors (Lipinski definition) is 1. The Kier molecular flexibility index (Phi) is 3.87. The Bertz CT molecular complexity index is 832. The fraction of sp³-hybridized carbons (Fsp3) is 0.125. The van der Waals surface area contributed by atoms with Crippen LogP contribution in [0.2, 0.25) is 0 Å². The highest BCUT2D eigenvalue weighted by Crippen LogP contribution is 2.31. The fourth-order valence-electron chi connectivity index (χ4n) is 2.32. The van der Waals surface area contributed by atoms with Crippen molar-refractivity contribution in [1.29, 1.82) is 0 Å². The van der Waals surface area contributed by atoms with E-state index in [1.807, 2.05) is 0 Å². The minimum absolute atomic E-state index is 0.0828. The number of nitro benzene ring substituents is 1. The van der Waals surface area contributed by atoms with Gasteiger partial charge >= 0.3 is 0 Å². The zero-order valence-corrected chi connectivity index (χ0v) is 12.7. The standard InChI is InChI=1S/C16H14N4O4/c1-10(21)19-16(12-3-2-4-14(9-12)20(22)23)24-15(18-19)11-5-7-13(17)8-6-11/h2-9,16H,17H2,1H3/t16-/m1/s1. The number of nitrogens with two attached hydrogens (primary N) is 1. The number of amides is 1. The predicted molar refractivity (Wildman–Crippen MR) is 86.8 cm³/mol. The highest BCUT2D eigenvalue weighted by molar-refractivity contribution is 5.96. The van der Waals surface area contributed by atoms with E-state index in [1.54, 1.807) is 30.3 Å². The average molecular weight is 326 g/mol. The molecule has 8 nitrogen and oxygen atoms in total. The molecule has 0 fully saturated rings. The van der Waals surface area contributed by atoms with E-state index in [0.29, 0.717) is 16.8 Å². The Morgan fingerprint density at radius 2 is 2.00 bits per heavy atom. The lowest BCUT2D eigenvalue weighted by atomic mass is 10.1. The molecule has 0 aromatic heterocycles. The second kappa shape index (κ2) is 5.99. The van der Waals surface area contributed by atoms with Crippen LogP contribution in [0.15, 0.2) is 53.6 Å². The molecule has 1 aliphatic heterocycles. The van der Waals surface area contributed by atoms with Gasteiger partial charge in [-0.1, -0.05) is 12.1 Å². The van der Waals surface area contributed by atoms with E-state index < -0.39 is 11.2 Å². The molecule has 2 aromatic rings. The van der Waals surface area contributed by atoms with Crippen LogP contribution >= 0.6 is 0 Å². The zero-order valence-electron chi connectivity index (χ0n) is 12.7. The minimum atomic E-state index is -0.852. The molecule has 8 heteroatoms. The second-order valence-corrected chi connectivity index (χ2v) is 5.21. The summed E-state index contributed by atoms with van der Waals surface area (Å²) in [5.41, 5.74) is 7.29. The molecule has 122 valence electrons. The number of nitro groups is 1. The van der Waals surface area contributed by atoms with Crippen molar-refractivity contribution in [3.63, 3.8) is 0 Å². The van der Waals surface area contributed by atoms with Gasteiger partial charge in [0.1, 0.15) is 0 Å². The third kappa shape index (κ3) is 2.89. The van der Waals surface area contributed by atoms with Crippen LogP contribution in [0, 0.1) is 10.1 Å². The molecular formula is C16H14N4O4. The van der Waals surface area contributed by atoms with E-state index in [0.717, 1.165) is 5.01 Å². The van der Waals surface area contributed by atoms with Crippen molar-refractivity contribution in [2.45, 2.75) is 13.2 Å². The van der Waals surface area contributed by atoms with Crippen molar-refractivity contribution < 1.29 is 14.5 Å². The molecule has 0 radical (unpaired) electrons. The summed E-state index contributed by atoms with van der Waals surface area (Å²) in [5.74, 6) is -0.0846. The Morgan fingerprint density at radius 1 is 1.29 bits per heavy atom. The van der Waals surface area contributed by atoms with Crippen LogP contribution in [-0.4, -0.2) is 21.7 Å². The van der Waals surface area contributed by atoms with Crippen molar-refractivity contribution in [2.24, 2.45) is 5.10 Å². The van der Waals surface area contributed by atoms with E-state index in [-0.39, 0.29) is 17.5 Å². The van der Waals surface area contributed by atoms with Gasteiger partial charge in [-0.3, -0.25) is 14.9 Å². The minimum Gasteiger partial charge on any atom is -0.446 e. The van der Waals surface area contributed by atoms with Crippen LogP contribution in [-0.2, 0) is 9.53 Å². The molecule has 3 rings (SSSR count). The van der Waals surface area contributed by atoms with Crippen LogP contribution < -0.4 is 5.73 Å². The third-order valence-electron chi connectivity index (χ3n) is 3.49. The third-order valence-corrected chi connectivity index (χ3v) is 3.49. The maximum atomic E-state index is 11.9. The average Bonchev–Trinajstić information content (AvgIpc) is 3.01. The molecule has 1 aliphatic rings. The van der Waals surface area contributed by atoms with Crippen LogP contribution in [0.4, 0.5) is 11.4 Å². The first-order chi connectivity index (χ1) is 11.5. The predicted octanol–water partition coefficient (Wildman–Crippen LogP) is 2.42. The summed E-state index contributed by atoms with van der Waals surface area (Å²) in [4.78, 5) is 22.3. The summed E-state index contributed by atoms with van der Waals surface area (Å²) in [7, 11) is 0. The van der Waals surface area contributed by atoms with Gasteiger partial charge in [0.25, 0.3) is 5.69 Å². The van der Waals surface area contributed by atoms with Gasteiger partial charge in [-0.05, 0) is 24.3 Å². The number of non-ortho nitro benzene ring substituents is 1. The van der Waals surface area contributed by atoms with Crippen LogP contribution in [0.1, 0.15) is 24.3 Å². The number of anilines is 1. The van der Waals surface area contributed by atoms with Gasteiger partial charge in [-0.15, -0.1) is 5.10 Å². The summed E-state index contributed by atoms with van der Waals surface area (Å²) >= 11 is 0. The molecule has 2 N–H and O–H groups in total. The van der Waals surface area contributed by atoms with Crippen molar-refractivity contribution in [3.8, 4) is 0 Å². The Balaban J connectivity index is 1.95. The van der Waals surface area contributed by atoms with Gasteiger partial charge in [0.15, 0.2) is 0 Å². The highest BCUT2D eigenvalue weighted by Gasteiger charge is 2.33. The molecule has 1 heterocycles. The molecule has 0 aliphatic carbocycles. The first kappa shape index (κ1) is 15.5. The molecule has 0 unspecified atom stereocenters. The maximum absolute atomic E-state index is 11.9. The van der Waals surface area contributed by atoms with E-state index in [2.05, 4.69) is 5.10 Å². The number of carbonyl (C=O) groups excluding carboxylic acids is 1. The van der Waals surface area contributed by atoms with Crippen molar-refractivity contribution >= 4 is 23.2 Å². The molecule has 0 saturated heterocycles. The number of hydrazone groups is 1. The van der Waals surface area contributed by atoms with Crippen LogP contribution in [0.25, 0.3) is 0 Å². The van der Waals surface area contributed by atoms with E-state index >= 15 is 0 Å². The number of carbonyl (C=O) groups is 1. The molecular weight excluding hydrogens is 312 g/mol. The van der Waals surface area contributed by atoms with Gasteiger partial charge in [-0.25, -0.2) is 0 Å². The molecule has 0 bridgehead atoms. The Labute approximate surface area is 137 Å². The van der Waals surface area contributed by atoms with E-state index in [4.69, 9.17) is 10.5 Å². The first-order valence-corrected chi connectivity index (χ1v) is 7.11. The van der Waals surface area contributed by atoms with Gasteiger partial charge < -0.3 is 10.5 Å². The second-order valence-electron chi connectivity index (χ2n) is 5.21. The topological polar surface area (TPSA) is 111 Å². The molecule has 1 amide bonds. The normalized spacial score (nSPS) is 16.5. The molecule has 1 atom stereocenters. The Hall–Kier alpha value is -3.42. The molecule has 0 spiro atoms. The summed E-state index contributed by atoms with van der Waals surface area (Å²) < 4.78 is 5.77. The number of ether oxygens (including phenoxy) is 1.